The first-order chi connectivity index (χ1) is 16.4. The predicted octanol–water partition coefficient (Wildman–Crippen LogP) is 6.89. The molecule has 2 atom stereocenters. The van der Waals surface area contributed by atoms with Crippen LogP contribution in [0, 0.1) is 17.3 Å². The van der Waals surface area contributed by atoms with E-state index >= 15 is 0 Å². The minimum atomic E-state index is -4.52. The number of ether oxygens (including phenoxy) is 1. The Labute approximate surface area is 204 Å². The van der Waals surface area contributed by atoms with E-state index in [2.05, 4.69) is 12.2 Å². The van der Waals surface area contributed by atoms with Crippen LogP contribution in [0.1, 0.15) is 76.8 Å². The molecule has 0 bridgehead atoms. The fourth-order valence-electron chi connectivity index (χ4n) is 6.09. The van der Waals surface area contributed by atoms with E-state index in [1.807, 2.05) is 19.9 Å². The van der Waals surface area contributed by atoms with Crippen LogP contribution in [0.2, 0.25) is 0 Å². The molecule has 2 aromatic rings. The van der Waals surface area contributed by atoms with Crippen molar-refractivity contribution in [1.29, 1.82) is 0 Å². The van der Waals surface area contributed by atoms with Gasteiger partial charge in [-0.25, -0.2) is 0 Å². The van der Waals surface area contributed by atoms with E-state index < -0.39 is 17.7 Å². The lowest BCUT2D eigenvalue weighted by atomic mass is 9.58. The van der Waals surface area contributed by atoms with Crippen molar-refractivity contribution in [3.05, 3.63) is 41.5 Å². The van der Waals surface area contributed by atoms with Crippen molar-refractivity contribution < 1.29 is 27.8 Å². The lowest BCUT2D eigenvalue weighted by Gasteiger charge is -2.51. The van der Waals surface area contributed by atoms with Crippen LogP contribution in [-0.2, 0) is 16.5 Å². The van der Waals surface area contributed by atoms with E-state index in [0.29, 0.717) is 17.7 Å². The van der Waals surface area contributed by atoms with E-state index in [1.54, 1.807) is 18.2 Å². The molecule has 2 aromatic carbocycles. The Kier molecular flexibility index (Phi) is 5.86. The number of rotatable bonds is 6. The molecule has 0 saturated heterocycles. The molecule has 2 unspecified atom stereocenters. The molecular weight excluding hydrogens is 455 g/mol. The van der Waals surface area contributed by atoms with Crippen molar-refractivity contribution in [2.75, 3.05) is 0 Å². The normalized spacial score (nSPS) is 29.4. The fraction of sp³-hybridized carbons (Fsp3) is 0.607. The Morgan fingerprint density at radius 3 is 2.34 bits per heavy atom. The Balaban J connectivity index is 1.42. The zero-order chi connectivity index (χ0) is 25.2. The molecule has 4 nitrogen and oxygen atoms in total. The van der Waals surface area contributed by atoms with Gasteiger partial charge in [-0.3, -0.25) is 4.79 Å². The van der Waals surface area contributed by atoms with E-state index in [9.17, 15) is 23.1 Å². The molecule has 0 aliphatic heterocycles. The SMILES string of the molecule is CC1(C)C(NC2(c3ccc4c(C(F)(F)F)c(O[C@H]5CC[C@@H](C)CC5)ccc4c3)CC2)CC1C(=O)O. The summed E-state index contributed by atoms with van der Waals surface area (Å²) in [6.07, 6.45) is 1.15. The third-order valence-electron chi connectivity index (χ3n) is 8.84. The number of carbonyl (C=O) groups is 1. The number of nitrogens with one attached hydrogen (secondary N) is 1. The maximum Gasteiger partial charge on any atom is 0.420 e. The molecular formula is C28H34F3NO3. The summed E-state index contributed by atoms with van der Waals surface area (Å²) in [5.74, 6) is -0.639. The van der Waals surface area contributed by atoms with Crippen LogP contribution in [-0.4, -0.2) is 23.2 Å². The monoisotopic (exact) mass is 489 g/mol. The summed E-state index contributed by atoms with van der Waals surface area (Å²) >= 11 is 0. The second-order valence-corrected chi connectivity index (χ2v) is 11.6. The Morgan fingerprint density at radius 2 is 1.77 bits per heavy atom. The summed E-state index contributed by atoms with van der Waals surface area (Å²) in [5.41, 5.74) is -0.401. The van der Waals surface area contributed by atoms with Crippen molar-refractivity contribution >= 4 is 16.7 Å². The van der Waals surface area contributed by atoms with Crippen LogP contribution in [0.4, 0.5) is 13.2 Å². The van der Waals surface area contributed by atoms with E-state index in [4.69, 9.17) is 4.74 Å². The Hall–Kier alpha value is -2.28. The summed E-state index contributed by atoms with van der Waals surface area (Å²) in [6.45, 7) is 6.10. The van der Waals surface area contributed by atoms with Gasteiger partial charge in [-0.2, -0.15) is 13.2 Å². The summed E-state index contributed by atoms with van der Waals surface area (Å²) in [7, 11) is 0. The number of fused-ring (bicyclic) bond motifs is 1. The third kappa shape index (κ3) is 4.41. The zero-order valence-corrected chi connectivity index (χ0v) is 20.5. The molecule has 2 N–H and O–H groups in total. The molecule has 5 rings (SSSR count). The topological polar surface area (TPSA) is 58.6 Å². The van der Waals surface area contributed by atoms with Gasteiger partial charge in [-0.1, -0.05) is 39.0 Å². The fourth-order valence-corrected chi connectivity index (χ4v) is 6.09. The van der Waals surface area contributed by atoms with Crippen LogP contribution in [0.3, 0.4) is 0 Å². The number of carboxylic acids is 1. The first-order valence-electron chi connectivity index (χ1n) is 12.7. The van der Waals surface area contributed by atoms with E-state index in [-0.39, 0.29) is 40.2 Å². The molecule has 3 aliphatic rings. The number of halogens is 3. The maximum atomic E-state index is 14.2. The standard InChI is InChI=1S/C28H34F3NO3/c1-16-4-8-19(9-5-16)35-22-11-6-17-14-18(7-10-20(17)24(22)28(29,30)31)27(12-13-27)32-23-15-21(25(33)34)26(23,2)3/h6-7,10-11,14,16,19,21,23,32H,4-5,8-9,12-13,15H2,1-3H3,(H,33,34)/t16-,19+,21?,23?. The molecule has 3 aliphatic carbocycles. The minimum Gasteiger partial charge on any atom is -0.490 e. The molecule has 0 spiro atoms. The number of alkyl halides is 3. The minimum absolute atomic E-state index is 0.0570. The highest BCUT2D eigenvalue weighted by Gasteiger charge is 2.56. The lowest BCUT2D eigenvalue weighted by Crippen LogP contribution is -2.61. The molecule has 0 heterocycles. The number of hydrogen-bond acceptors (Lipinski definition) is 3. The summed E-state index contributed by atoms with van der Waals surface area (Å²) in [6, 6.07) is 8.50. The summed E-state index contributed by atoms with van der Waals surface area (Å²) < 4.78 is 48.6. The van der Waals surface area contributed by atoms with Crippen LogP contribution < -0.4 is 10.1 Å². The summed E-state index contributed by atoms with van der Waals surface area (Å²) in [5, 5.41) is 13.8. The first-order valence-corrected chi connectivity index (χ1v) is 12.7. The highest BCUT2D eigenvalue weighted by molar-refractivity contribution is 5.89. The average Bonchev–Trinajstić information content (AvgIpc) is 3.57. The molecule has 0 amide bonds. The smallest absolute Gasteiger partial charge is 0.420 e. The van der Waals surface area contributed by atoms with Gasteiger partial charge < -0.3 is 15.2 Å². The van der Waals surface area contributed by atoms with Gasteiger partial charge >= 0.3 is 12.1 Å². The van der Waals surface area contributed by atoms with Gasteiger partial charge in [0.1, 0.15) is 11.3 Å². The third-order valence-corrected chi connectivity index (χ3v) is 8.84. The van der Waals surface area contributed by atoms with Crippen molar-refractivity contribution in [2.45, 2.75) is 89.6 Å². The maximum absolute atomic E-state index is 14.2. The second kappa shape index (κ2) is 8.39. The number of benzene rings is 2. The van der Waals surface area contributed by atoms with Crippen LogP contribution >= 0.6 is 0 Å². The molecule has 0 radical (unpaired) electrons. The molecule has 7 heteroatoms. The van der Waals surface area contributed by atoms with Crippen molar-refractivity contribution in [3.8, 4) is 5.75 Å². The number of aliphatic carboxylic acids is 1. The van der Waals surface area contributed by atoms with Gasteiger partial charge in [0.2, 0.25) is 0 Å². The zero-order valence-electron chi connectivity index (χ0n) is 20.5. The van der Waals surface area contributed by atoms with Gasteiger partial charge in [0.05, 0.1) is 12.0 Å². The quantitative estimate of drug-likeness (QED) is 0.464. The summed E-state index contributed by atoms with van der Waals surface area (Å²) in [4.78, 5) is 11.5. The van der Waals surface area contributed by atoms with Crippen LogP contribution in [0.5, 0.6) is 5.75 Å². The van der Waals surface area contributed by atoms with Gasteiger partial charge in [0.25, 0.3) is 0 Å². The van der Waals surface area contributed by atoms with Crippen molar-refractivity contribution in [3.63, 3.8) is 0 Å². The molecule has 190 valence electrons. The van der Waals surface area contributed by atoms with Crippen molar-refractivity contribution in [1.82, 2.24) is 5.32 Å². The molecule has 0 aromatic heterocycles. The highest BCUT2D eigenvalue weighted by atomic mass is 19.4. The van der Waals surface area contributed by atoms with E-state index in [0.717, 1.165) is 44.1 Å². The second-order valence-electron chi connectivity index (χ2n) is 11.6. The van der Waals surface area contributed by atoms with Gasteiger partial charge in [-0.05, 0) is 84.7 Å². The van der Waals surface area contributed by atoms with Gasteiger partial charge in [-0.15, -0.1) is 0 Å². The number of carboxylic acid groups (broad SMARTS) is 1. The average molecular weight is 490 g/mol. The lowest BCUT2D eigenvalue weighted by molar-refractivity contribution is -0.155. The Morgan fingerprint density at radius 1 is 1.09 bits per heavy atom. The van der Waals surface area contributed by atoms with Crippen molar-refractivity contribution in [2.24, 2.45) is 17.3 Å². The van der Waals surface area contributed by atoms with Gasteiger partial charge in [0, 0.05) is 11.6 Å². The number of hydrogen-bond donors (Lipinski definition) is 2. The molecule has 35 heavy (non-hydrogen) atoms. The predicted molar refractivity (Wildman–Crippen MR) is 128 cm³/mol. The van der Waals surface area contributed by atoms with E-state index in [1.165, 1.54) is 6.07 Å². The molecule has 3 fully saturated rings. The van der Waals surface area contributed by atoms with Crippen LogP contribution in [0.25, 0.3) is 10.8 Å². The molecule has 3 saturated carbocycles. The Bertz CT molecular complexity index is 1130. The van der Waals surface area contributed by atoms with Gasteiger partial charge in [0.15, 0.2) is 0 Å². The highest BCUT2D eigenvalue weighted by Crippen LogP contribution is 2.53. The largest absolute Gasteiger partial charge is 0.490 e. The van der Waals surface area contributed by atoms with Crippen LogP contribution in [0.15, 0.2) is 30.3 Å². The first kappa shape index (κ1) is 24.4.